The highest BCUT2D eigenvalue weighted by atomic mass is 16.3. The molecule has 3 N–H and O–H groups in total. The van der Waals surface area contributed by atoms with Crippen LogP contribution in [0.1, 0.15) is 27.7 Å². The molecule has 0 radical (unpaired) electrons. The molecular formula is C17H22N4O3. The van der Waals surface area contributed by atoms with Crippen LogP contribution >= 0.6 is 0 Å². The van der Waals surface area contributed by atoms with Crippen LogP contribution in [0.5, 0.6) is 0 Å². The highest BCUT2D eigenvalue weighted by Crippen LogP contribution is 2.21. The molecule has 1 aromatic heterocycles. The van der Waals surface area contributed by atoms with Gasteiger partial charge < -0.3 is 20.4 Å². The zero-order valence-electron chi connectivity index (χ0n) is 14.2. The summed E-state index contributed by atoms with van der Waals surface area (Å²) in [6.45, 7) is 7.28. The van der Waals surface area contributed by atoms with Crippen molar-refractivity contribution in [2.45, 2.75) is 39.3 Å². The summed E-state index contributed by atoms with van der Waals surface area (Å²) in [6, 6.07) is 6.05. The number of anilines is 1. The molecule has 24 heavy (non-hydrogen) atoms. The number of carbonyl (C=O) groups excluding carboxylic acids is 2. The Morgan fingerprint density at radius 3 is 2.62 bits per heavy atom. The van der Waals surface area contributed by atoms with Crippen LogP contribution in [0.15, 0.2) is 41.3 Å². The molecule has 7 heteroatoms. The Labute approximate surface area is 140 Å². The topological polar surface area (TPSA) is 96.3 Å². The molecule has 0 aliphatic rings. The number of nitrogens with zero attached hydrogens (tertiary/aromatic N) is 1. The molecule has 1 atom stereocenters. The Balaban J connectivity index is 1.95. The molecule has 7 nitrogen and oxygen atoms in total. The van der Waals surface area contributed by atoms with Gasteiger partial charge in [0.15, 0.2) is 12.2 Å². The van der Waals surface area contributed by atoms with E-state index in [9.17, 15) is 9.59 Å². The minimum Gasteiger partial charge on any atom is -0.444 e. The van der Waals surface area contributed by atoms with E-state index in [2.05, 4.69) is 20.9 Å². The lowest BCUT2D eigenvalue weighted by Gasteiger charge is -2.23. The Kier molecular flexibility index (Phi) is 5.23. The zero-order chi connectivity index (χ0) is 17.7. The monoisotopic (exact) mass is 330 g/mol. The normalized spacial score (nSPS) is 12.3. The van der Waals surface area contributed by atoms with Crippen LogP contribution < -0.4 is 16.0 Å². The fourth-order valence-corrected chi connectivity index (χ4v) is 2.02. The molecule has 128 valence electrons. The number of aromatic nitrogens is 1. The lowest BCUT2D eigenvalue weighted by molar-refractivity contribution is -0.123. The van der Waals surface area contributed by atoms with Crippen molar-refractivity contribution in [2.24, 2.45) is 0 Å². The molecule has 1 heterocycles. The predicted molar refractivity (Wildman–Crippen MR) is 91.5 cm³/mol. The van der Waals surface area contributed by atoms with Crippen LogP contribution in [-0.4, -0.2) is 28.5 Å². The van der Waals surface area contributed by atoms with E-state index < -0.39 is 12.1 Å². The lowest BCUT2D eigenvalue weighted by Crippen LogP contribution is -2.51. The summed E-state index contributed by atoms with van der Waals surface area (Å²) < 4.78 is 5.23. The van der Waals surface area contributed by atoms with Gasteiger partial charge in [-0.05, 0) is 39.8 Å². The van der Waals surface area contributed by atoms with Gasteiger partial charge in [-0.25, -0.2) is 9.78 Å². The second kappa shape index (κ2) is 7.16. The number of hydrogen-bond acceptors (Lipinski definition) is 4. The second-order valence-electron chi connectivity index (χ2n) is 6.51. The van der Waals surface area contributed by atoms with Crippen molar-refractivity contribution in [1.82, 2.24) is 15.6 Å². The first-order chi connectivity index (χ1) is 11.2. The number of nitrogens with one attached hydrogen (secondary N) is 3. The third-order valence-electron chi connectivity index (χ3n) is 3.08. The molecular weight excluding hydrogens is 308 g/mol. The minimum atomic E-state index is -0.651. The Hall–Kier alpha value is -2.83. The molecule has 0 saturated heterocycles. The van der Waals surface area contributed by atoms with E-state index in [0.29, 0.717) is 11.4 Å². The van der Waals surface area contributed by atoms with Crippen LogP contribution in [0, 0.1) is 0 Å². The number of carbonyl (C=O) groups is 2. The summed E-state index contributed by atoms with van der Waals surface area (Å²) in [7, 11) is 0. The zero-order valence-corrected chi connectivity index (χ0v) is 14.2. The van der Waals surface area contributed by atoms with E-state index in [0.717, 1.165) is 5.56 Å². The summed E-state index contributed by atoms with van der Waals surface area (Å²) in [5, 5.41) is 8.12. The van der Waals surface area contributed by atoms with Gasteiger partial charge in [0.05, 0.1) is 6.20 Å². The van der Waals surface area contributed by atoms with E-state index in [4.69, 9.17) is 4.42 Å². The van der Waals surface area contributed by atoms with Gasteiger partial charge in [-0.1, -0.05) is 12.1 Å². The average molecular weight is 330 g/mol. The average Bonchev–Trinajstić information content (AvgIpc) is 2.99. The fourth-order valence-electron chi connectivity index (χ4n) is 2.02. The largest absolute Gasteiger partial charge is 0.444 e. The maximum Gasteiger partial charge on any atom is 0.319 e. The van der Waals surface area contributed by atoms with Crippen molar-refractivity contribution in [3.05, 3.63) is 36.9 Å². The number of oxazole rings is 1. The Bertz CT molecular complexity index is 705. The van der Waals surface area contributed by atoms with Crippen molar-refractivity contribution < 1.29 is 14.0 Å². The number of hydrogen-bond donors (Lipinski definition) is 3. The van der Waals surface area contributed by atoms with Crippen LogP contribution in [-0.2, 0) is 4.79 Å². The number of rotatable bonds is 4. The molecule has 2 aromatic rings. The molecule has 0 aliphatic heterocycles. The summed E-state index contributed by atoms with van der Waals surface area (Å²) in [5.74, 6) is 0.366. The Morgan fingerprint density at radius 1 is 1.25 bits per heavy atom. The van der Waals surface area contributed by atoms with E-state index in [-0.39, 0.29) is 11.4 Å². The van der Waals surface area contributed by atoms with Gasteiger partial charge in [-0.3, -0.25) is 4.79 Å². The quantitative estimate of drug-likeness (QED) is 0.803. The summed E-state index contributed by atoms with van der Waals surface area (Å²) in [4.78, 5) is 27.9. The molecule has 3 amide bonds. The van der Waals surface area contributed by atoms with E-state index in [1.165, 1.54) is 6.39 Å². The van der Waals surface area contributed by atoms with E-state index in [1.807, 2.05) is 26.8 Å². The van der Waals surface area contributed by atoms with Gasteiger partial charge in [-0.15, -0.1) is 0 Å². The summed E-state index contributed by atoms with van der Waals surface area (Å²) in [6.07, 6.45) is 2.94. The standard InChI is InChI=1S/C17H22N4O3/c1-11(15(22)21-17(2,3)4)19-16(23)20-13-7-5-6-12(8-13)14-9-18-10-24-14/h5-11H,1-4H3,(H,21,22)(H2,19,20,23)/t11-/m0/s1. The van der Waals surface area contributed by atoms with Gasteiger partial charge in [0.25, 0.3) is 0 Å². The maximum atomic E-state index is 12.1. The van der Waals surface area contributed by atoms with Crippen molar-refractivity contribution >= 4 is 17.6 Å². The summed E-state index contributed by atoms with van der Waals surface area (Å²) >= 11 is 0. The highest BCUT2D eigenvalue weighted by Gasteiger charge is 2.20. The first-order valence-electron chi connectivity index (χ1n) is 7.63. The van der Waals surface area contributed by atoms with Crippen LogP contribution in [0.25, 0.3) is 11.3 Å². The van der Waals surface area contributed by atoms with Gasteiger partial charge in [0, 0.05) is 16.8 Å². The van der Waals surface area contributed by atoms with Crippen molar-refractivity contribution in [2.75, 3.05) is 5.32 Å². The second-order valence-corrected chi connectivity index (χ2v) is 6.51. The van der Waals surface area contributed by atoms with Crippen molar-refractivity contribution in [1.29, 1.82) is 0 Å². The molecule has 0 unspecified atom stereocenters. The van der Waals surface area contributed by atoms with Crippen molar-refractivity contribution in [3.8, 4) is 11.3 Å². The number of amides is 3. The van der Waals surface area contributed by atoms with Gasteiger partial charge in [0.1, 0.15) is 6.04 Å². The molecule has 2 rings (SSSR count). The smallest absolute Gasteiger partial charge is 0.319 e. The van der Waals surface area contributed by atoms with Gasteiger partial charge in [0.2, 0.25) is 5.91 Å². The molecule has 0 aliphatic carbocycles. The number of urea groups is 1. The van der Waals surface area contributed by atoms with Crippen LogP contribution in [0.4, 0.5) is 10.5 Å². The third kappa shape index (κ3) is 5.12. The van der Waals surface area contributed by atoms with Crippen molar-refractivity contribution in [3.63, 3.8) is 0 Å². The fraction of sp³-hybridized carbons (Fsp3) is 0.353. The van der Waals surface area contributed by atoms with E-state index in [1.54, 1.807) is 31.3 Å². The van der Waals surface area contributed by atoms with E-state index >= 15 is 0 Å². The first-order valence-corrected chi connectivity index (χ1v) is 7.63. The molecule has 1 aromatic carbocycles. The predicted octanol–water partition coefficient (Wildman–Crippen LogP) is 2.77. The summed E-state index contributed by atoms with van der Waals surface area (Å²) in [5.41, 5.74) is 1.03. The molecule has 0 bridgehead atoms. The lowest BCUT2D eigenvalue weighted by atomic mass is 10.1. The molecule has 0 fully saturated rings. The van der Waals surface area contributed by atoms with Crippen LogP contribution in [0.3, 0.4) is 0 Å². The maximum absolute atomic E-state index is 12.1. The SMILES string of the molecule is C[C@H](NC(=O)Nc1cccc(-c2cnco2)c1)C(=O)NC(C)(C)C. The molecule has 0 spiro atoms. The highest BCUT2D eigenvalue weighted by molar-refractivity contribution is 5.94. The Morgan fingerprint density at radius 2 is 2.00 bits per heavy atom. The van der Waals surface area contributed by atoms with Crippen LogP contribution in [0.2, 0.25) is 0 Å². The number of benzene rings is 1. The third-order valence-corrected chi connectivity index (χ3v) is 3.08. The minimum absolute atomic E-state index is 0.243. The van der Waals surface area contributed by atoms with Gasteiger partial charge in [-0.2, -0.15) is 0 Å². The molecule has 0 saturated carbocycles. The van der Waals surface area contributed by atoms with Gasteiger partial charge >= 0.3 is 6.03 Å². The first kappa shape index (κ1) is 17.5.